The fourth-order valence-corrected chi connectivity index (χ4v) is 4.67. The van der Waals surface area contributed by atoms with Gasteiger partial charge in [-0.15, -0.1) is 0 Å². The zero-order valence-electron chi connectivity index (χ0n) is 16.2. The first-order chi connectivity index (χ1) is 12.9. The molecule has 3 aliphatic rings. The average molecular weight is 358 g/mol. The van der Waals surface area contributed by atoms with Gasteiger partial charge in [-0.3, -0.25) is 4.99 Å². The van der Waals surface area contributed by atoms with Crippen LogP contribution in [0.3, 0.4) is 0 Å². The van der Waals surface area contributed by atoms with Crippen LogP contribution in [0.4, 0.5) is 0 Å². The Balaban J connectivity index is 1.86. The number of hydrogen-bond donors (Lipinski definition) is 2. The Morgan fingerprint density at radius 2 is 2.11 bits per heavy atom. The van der Waals surface area contributed by atoms with E-state index in [4.69, 9.17) is 4.99 Å². The van der Waals surface area contributed by atoms with Crippen LogP contribution in [0, 0.1) is 12.8 Å². The Kier molecular flexibility index (Phi) is 4.18. The molecule has 2 atom stereocenters. The quantitative estimate of drug-likeness (QED) is 0.570. The van der Waals surface area contributed by atoms with Crippen molar-refractivity contribution in [2.45, 2.75) is 39.2 Å². The summed E-state index contributed by atoms with van der Waals surface area (Å²) in [5.74, 6) is 0.685. The van der Waals surface area contributed by atoms with Gasteiger partial charge in [0.1, 0.15) is 11.3 Å². The van der Waals surface area contributed by atoms with Gasteiger partial charge in [-0.05, 0) is 68.2 Å². The van der Waals surface area contributed by atoms with Gasteiger partial charge in [0.2, 0.25) is 0 Å². The second kappa shape index (κ2) is 6.41. The van der Waals surface area contributed by atoms with Crippen molar-refractivity contribution in [2.75, 3.05) is 0 Å². The molecule has 2 N–H and O–H groups in total. The van der Waals surface area contributed by atoms with Crippen LogP contribution in [0.5, 0.6) is 5.75 Å². The first-order valence-electron chi connectivity index (χ1n) is 9.49. The minimum Gasteiger partial charge on any atom is -0.508 e. The molecule has 2 bridgehead atoms. The summed E-state index contributed by atoms with van der Waals surface area (Å²) in [5, 5.41) is 13.3. The molecule has 0 saturated heterocycles. The van der Waals surface area contributed by atoms with Crippen molar-refractivity contribution >= 4 is 6.21 Å². The summed E-state index contributed by atoms with van der Waals surface area (Å²) in [4.78, 5) is 5.19. The Morgan fingerprint density at radius 1 is 1.30 bits per heavy atom. The van der Waals surface area contributed by atoms with Crippen molar-refractivity contribution in [1.82, 2.24) is 5.32 Å². The number of aromatic hydroxyl groups is 1. The van der Waals surface area contributed by atoms with Gasteiger partial charge < -0.3 is 10.4 Å². The Labute approximate surface area is 161 Å². The van der Waals surface area contributed by atoms with Crippen LogP contribution in [0.1, 0.15) is 37.8 Å². The summed E-state index contributed by atoms with van der Waals surface area (Å²) in [7, 11) is 0. The van der Waals surface area contributed by atoms with E-state index in [1.165, 1.54) is 22.4 Å². The number of aryl methyl sites for hydroxylation is 1. The second-order valence-corrected chi connectivity index (χ2v) is 7.78. The monoisotopic (exact) mass is 358 g/mol. The maximum absolute atomic E-state index is 9.80. The molecule has 2 unspecified atom stereocenters. The molecular formula is C24H26N2O. The molecule has 0 amide bonds. The highest BCUT2D eigenvalue weighted by Gasteiger charge is 2.47. The maximum Gasteiger partial charge on any atom is 0.118 e. The molecule has 3 heteroatoms. The van der Waals surface area contributed by atoms with Gasteiger partial charge in [-0.2, -0.15) is 0 Å². The van der Waals surface area contributed by atoms with E-state index in [9.17, 15) is 5.11 Å². The molecule has 3 nitrogen and oxygen atoms in total. The van der Waals surface area contributed by atoms with Crippen LogP contribution in [-0.2, 0) is 0 Å². The Bertz CT molecular complexity index is 974. The number of dihydropyridines is 1. The molecule has 27 heavy (non-hydrogen) atoms. The smallest absolute Gasteiger partial charge is 0.118 e. The van der Waals surface area contributed by atoms with E-state index in [1.807, 2.05) is 31.3 Å². The van der Waals surface area contributed by atoms with E-state index < -0.39 is 0 Å². The molecule has 1 heterocycles. The predicted octanol–water partition coefficient (Wildman–Crippen LogP) is 5.10. The first kappa shape index (κ1) is 17.6. The molecule has 0 spiro atoms. The highest BCUT2D eigenvalue weighted by atomic mass is 16.3. The van der Waals surface area contributed by atoms with Gasteiger partial charge in [0.15, 0.2) is 0 Å². The fraction of sp³-hybridized carbons (Fsp3) is 0.292. The molecule has 2 aliphatic carbocycles. The third-order valence-corrected chi connectivity index (χ3v) is 5.82. The van der Waals surface area contributed by atoms with Crippen molar-refractivity contribution in [3.8, 4) is 5.75 Å². The summed E-state index contributed by atoms with van der Waals surface area (Å²) < 4.78 is 0. The van der Waals surface area contributed by atoms with Crippen LogP contribution in [0.15, 0.2) is 82.2 Å². The Hall–Kier alpha value is -2.81. The topological polar surface area (TPSA) is 44.6 Å². The molecular weight excluding hydrogens is 332 g/mol. The molecule has 0 fully saturated rings. The first-order valence-corrected chi connectivity index (χ1v) is 9.49. The molecule has 1 aliphatic heterocycles. The third-order valence-electron chi connectivity index (χ3n) is 5.82. The summed E-state index contributed by atoms with van der Waals surface area (Å²) in [6.07, 6.45) is 12.7. The lowest BCUT2D eigenvalue weighted by molar-refractivity contribution is 0.453. The van der Waals surface area contributed by atoms with Crippen LogP contribution in [0.25, 0.3) is 0 Å². The fourth-order valence-electron chi connectivity index (χ4n) is 4.67. The lowest BCUT2D eigenvalue weighted by atomic mass is 9.62. The van der Waals surface area contributed by atoms with Crippen molar-refractivity contribution in [3.63, 3.8) is 0 Å². The molecule has 0 radical (unpaired) electrons. The predicted molar refractivity (Wildman–Crippen MR) is 112 cm³/mol. The van der Waals surface area contributed by atoms with E-state index in [2.05, 4.69) is 44.0 Å². The van der Waals surface area contributed by atoms with Gasteiger partial charge in [-0.1, -0.05) is 30.4 Å². The summed E-state index contributed by atoms with van der Waals surface area (Å²) in [5.41, 5.74) is 7.67. The summed E-state index contributed by atoms with van der Waals surface area (Å²) in [6, 6.07) is 5.62. The van der Waals surface area contributed by atoms with Crippen molar-refractivity contribution in [3.05, 3.63) is 88.3 Å². The van der Waals surface area contributed by atoms with Crippen LogP contribution < -0.4 is 5.32 Å². The van der Waals surface area contributed by atoms with Crippen molar-refractivity contribution in [2.24, 2.45) is 10.9 Å². The maximum atomic E-state index is 9.80. The highest BCUT2D eigenvalue weighted by molar-refractivity contribution is 5.82. The van der Waals surface area contributed by atoms with Gasteiger partial charge in [-0.25, -0.2) is 0 Å². The number of hydrogen-bond acceptors (Lipinski definition) is 3. The summed E-state index contributed by atoms with van der Waals surface area (Å²) >= 11 is 0. The SMILES string of the molecule is C=C1C=CC2=C(CC3C=C(C)CC2(N=Cc2ccc(O)c(C)c2)/C3=C/C)N1. The minimum atomic E-state index is -0.373. The van der Waals surface area contributed by atoms with E-state index in [1.54, 1.807) is 6.07 Å². The zero-order chi connectivity index (χ0) is 19.2. The van der Waals surface area contributed by atoms with Gasteiger partial charge in [0.05, 0.1) is 0 Å². The van der Waals surface area contributed by atoms with Gasteiger partial charge >= 0.3 is 0 Å². The van der Waals surface area contributed by atoms with Crippen LogP contribution in [0.2, 0.25) is 0 Å². The summed E-state index contributed by atoms with van der Waals surface area (Å²) in [6.45, 7) is 10.3. The number of rotatable bonds is 2. The van der Waals surface area contributed by atoms with E-state index >= 15 is 0 Å². The third kappa shape index (κ3) is 2.87. The Morgan fingerprint density at radius 3 is 2.85 bits per heavy atom. The van der Waals surface area contributed by atoms with Crippen LogP contribution in [-0.4, -0.2) is 16.9 Å². The van der Waals surface area contributed by atoms with Gasteiger partial charge in [0.25, 0.3) is 0 Å². The normalized spacial score (nSPS) is 28.4. The lowest BCUT2D eigenvalue weighted by Crippen LogP contribution is -2.44. The number of nitrogens with zero attached hydrogens (tertiary/aromatic N) is 1. The molecule has 138 valence electrons. The van der Waals surface area contributed by atoms with E-state index in [0.29, 0.717) is 11.7 Å². The zero-order valence-corrected chi connectivity index (χ0v) is 16.2. The standard InChI is InChI=1S/C24H26N2O/c1-5-20-19-10-15(2)13-24(20,21-8-6-17(4)26-22(21)12-19)25-14-18-7-9-23(27)16(3)11-18/h5-11,14,19,26-27H,4,12-13H2,1-3H3/b20-5+,25-14?. The van der Waals surface area contributed by atoms with Crippen molar-refractivity contribution in [1.29, 1.82) is 0 Å². The molecule has 4 rings (SSSR count). The van der Waals surface area contributed by atoms with Gasteiger partial charge in [0, 0.05) is 35.5 Å². The number of fused-ring (bicyclic) bond motifs is 3. The molecule has 0 saturated carbocycles. The number of phenols is 1. The number of allylic oxidation sites excluding steroid dienone is 4. The molecule has 1 aromatic rings. The largest absolute Gasteiger partial charge is 0.508 e. The molecule has 0 aromatic heterocycles. The second-order valence-electron chi connectivity index (χ2n) is 7.78. The minimum absolute atomic E-state index is 0.316. The number of aliphatic imine (C=N–C) groups is 1. The van der Waals surface area contributed by atoms with Crippen molar-refractivity contribution < 1.29 is 5.11 Å². The number of phenolic OH excluding ortho intramolecular Hbond substituents is 1. The van der Waals surface area contributed by atoms with E-state index in [-0.39, 0.29) is 5.54 Å². The van der Waals surface area contributed by atoms with E-state index in [0.717, 1.165) is 29.7 Å². The lowest BCUT2D eigenvalue weighted by Gasteiger charge is -2.47. The average Bonchev–Trinajstić information content (AvgIpc) is 2.62. The number of benzene rings is 1. The highest BCUT2D eigenvalue weighted by Crippen LogP contribution is 2.52. The van der Waals surface area contributed by atoms with Crippen LogP contribution >= 0.6 is 0 Å². The molecule has 1 aromatic carbocycles. The number of nitrogens with one attached hydrogen (secondary N) is 1.